The average molecular weight is 334 g/mol. The second-order valence-electron chi connectivity index (χ2n) is 6.69. The third kappa shape index (κ3) is 2.33. The molecular weight excluding hydrogens is 307 g/mol. The first kappa shape index (κ1) is 15.2. The van der Waals surface area contributed by atoms with Gasteiger partial charge >= 0.3 is 130 Å². The Hall–Kier alpha value is -0.157. The van der Waals surface area contributed by atoms with Gasteiger partial charge in [0.05, 0.1) is 0 Å². The van der Waals surface area contributed by atoms with Crippen LogP contribution in [0.2, 0.25) is 0 Å². The van der Waals surface area contributed by atoms with Crippen molar-refractivity contribution in [3.05, 3.63) is 40.0 Å². The molecule has 102 valence electrons. The fourth-order valence-corrected chi connectivity index (χ4v) is 7.89. The Balaban J connectivity index is 2.34. The molecule has 0 unspecified atom stereocenters. The molecule has 0 radical (unpaired) electrons. The molecule has 0 saturated carbocycles. The second-order valence-corrected chi connectivity index (χ2v) is 10.0. The van der Waals surface area contributed by atoms with E-state index < -0.39 is 23.2 Å². The molecule has 0 atom stereocenters. The van der Waals surface area contributed by atoms with Crippen molar-refractivity contribution in [2.24, 2.45) is 5.41 Å². The maximum atomic E-state index is 2.43. The van der Waals surface area contributed by atoms with Gasteiger partial charge in [0.15, 0.2) is 0 Å². The van der Waals surface area contributed by atoms with Crippen LogP contribution >= 0.6 is 0 Å². The Morgan fingerprint density at radius 3 is 1.74 bits per heavy atom. The van der Waals surface area contributed by atoms with Crippen molar-refractivity contribution in [3.8, 4) is 0 Å². The fourth-order valence-electron chi connectivity index (χ4n) is 3.21. The first-order valence-electron chi connectivity index (χ1n) is 7.21. The van der Waals surface area contributed by atoms with E-state index >= 15 is 0 Å². The molecule has 2 aliphatic carbocycles. The standard InChI is InChI=1S/C10H15.C8H11.Zr/c1-7-6-10(4,5)9(3)8(7)2;1-6-4-5-7(2)8(6)3;/h1-5H3;4H2,1-3H3;. The molecule has 0 spiro atoms. The number of rotatable bonds is 2. The van der Waals surface area contributed by atoms with Gasteiger partial charge in [0, 0.05) is 0 Å². The average Bonchev–Trinajstić information content (AvgIpc) is 2.66. The van der Waals surface area contributed by atoms with E-state index in [0.29, 0.717) is 5.41 Å². The molecule has 0 saturated heterocycles. The van der Waals surface area contributed by atoms with Crippen LogP contribution in [0, 0.1) is 5.41 Å². The van der Waals surface area contributed by atoms with Gasteiger partial charge in [0.1, 0.15) is 0 Å². The van der Waals surface area contributed by atoms with Gasteiger partial charge in [-0.3, -0.25) is 0 Å². The van der Waals surface area contributed by atoms with Gasteiger partial charge < -0.3 is 0 Å². The molecule has 0 aliphatic heterocycles. The summed E-state index contributed by atoms with van der Waals surface area (Å²) in [5.74, 6) is 0. The Morgan fingerprint density at radius 1 is 0.789 bits per heavy atom. The quantitative estimate of drug-likeness (QED) is 0.605. The van der Waals surface area contributed by atoms with E-state index in [0.717, 1.165) is 0 Å². The molecule has 0 fully saturated rings. The van der Waals surface area contributed by atoms with Gasteiger partial charge in [0.2, 0.25) is 0 Å². The first-order valence-corrected chi connectivity index (χ1v) is 9.67. The van der Waals surface area contributed by atoms with Gasteiger partial charge in [-0.25, -0.2) is 0 Å². The van der Waals surface area contributed by atoms with Crippen molar-refractivity contribution < 1.29 is 23.2 Å². The molecule has 0 aromatic rings. The molecular formula is C18H26Zr. The van der Waals surface area contributed by atoms with Crippen LogP contribution in [0.1, 0.15) is 61.8 Å². The molecule has 19 heavy (non-hydrogen) atoms. The van der Waals surface area contributed by atoms with Gasteiger partial charge in [-0.1, -0.05) is 0 Å². The van der Waals surface area contributed by atoms with Crippen LogP contribution in [0.25, 0.3) is 0 Å². The molecule has 2 rings (SSSR count). The third-order valence-electron chi connectivity index (χ3n) is 5.44. The molecule has 0 N–H and O–H groups in total. The summed E-state index contributed by atoms with van der Waals surface area (Å²) in [7, 11) is 0. The molecule has 2 aliphatic rings. The Kier molecular flexibility index (Phi) is 4.00. The third-order valence-corrected chi connectivity index (χ3v) is 10.6. The number of hydrogen-bond donors (Lipinski definition) is 0. The molecule has 0 heterocycles. The van der Waals surface area contributed by atoms with E-state index in [9.17, 15) is 0 Å². The molecule has 1 heteroatoms. The molecule has 0 aromatic heterocycles. The van der Waals surface area contributed by atoms with E-state index in [-0.39, 0.29) is 0 Å². The molecule has 0 bridgehead atoms. The fraction of sp³-hybridized carbons (Fsp3) is 0.556. The van der Waals surface area contributed by atoms with Gasteiger partial charge in [-0.15, -0.1) is 0 Å². The van der Waals surface area contributed by atoms with Gasteiger partial charge in [0.25, 0.3) is 0 Å². The zero-order valence-electron chi connectivity index (χ0n) is 13.7. The Bertz CT molecular complexity index is 562. The second kappa shape index (κ2) is 4.99. The summed E-state index contributed by atoms with van der Waals surface area (Å²) in [5, 5.41) is 0. The summed E-state index contributed by atoms with van der Waals surface area (Å²) in [5.41, 5.74) is 9.85. The summed E-state index contributed by atoms with van der Waals surface area (Å²) < 4.78 is 3.62. The summed E-state index contributed by atoms with van der Waals surface area (Å²) in [6.45, 7) is 18.8. The number of allylic oxidation sites excluding steroid dienone is 8. The zero-order valence-corrected chi connectivity index (χ0v) is 16.2. The Morgan fingerprint density at radius 2 is 1.37 bits per heavy atom. The van der Waals surface area contributed by atoms with E-state index in [1.165, 1.54) is 6.42 Å². The minimum absolute atomic E-state index is 0.317. The van der Waals surface area contributed by atoms with Gasteiger partial charge in [-0.2, -0.15) is 0 Å². The van der Waals surface area contributed by atoms with Crippen molar-refractivity contribution in [1.82, 2.24) is 0 Å². The monoisotopic (exact) mass is 332 g/mol. The number of hydrogen-bond acceptors (Lipinski definition) is 0. The predicted octanol–water partition coefficient (Wildman–Crippen LogP) is 5.73. The zero-order chi connectivity index (χ0) is 14.5. The molecule has 0 aromatic carbocycles. The summed E-state index contributed by atoms with van der Waals surface area (Å²) in [6, 6.07) is 0. The van der Waals surface area contributed by atoms with Crippen molar-refractivity contribution >= 4 is 0 Å². The van der Waals surface area contributed by atoms with Gasteiger partial charge in [-0.05, 0) is 0 Å². The van der Waals surface area contributed by atoms with Crippen molar-refractivity contribution in [2.75, 3.05) is 0 Å². The maximum absolute atomic E-state index is 2.43. The van der Waals surface area contributed by atoms with Crippen LogP contribution in [0.3, 0.4) is 0 Å². The van der Waals surface area contributed by atoms with Crippen LogP contribution in [0.5, 0.6) is 0 Å². The van der Waals surface area contributed by atoms with Crippen LogP contribution in [-0.2, 0) is 23.2 Å². The summed E-state index contributed by atoms with van der Waals surface area (Å²) in [6.07, 6.45) is 1.26. The molecule has 0 nitrogen and oxygen atoms in total. The normalized spacial score (nSPS) is 23.2. The predicted molar refractivity (Wildman–Crippen MR) is 80.5 cm³/mol. The van der Waals surface area contributed by atoms with Crippen LogP contribution < -0.4 is 0 Å². The molecule has 0 amide bonds. The van der Waals surface area contributed by atoms with Crippen molar-refractivity contribution in [2.45, 2.75) is 61.8 Å². The van der Waals surface area contributed by atoms with E-state index in [2.05, 4.69) is 55.4 Å². The van der Waals surface area contributed by atoms with E-state index in [4.69, 9.17) is 0 Å². The minimum atomic E-state index is -0.610. The topological polar surface area (TPSA) is 0 Å². The van der Waals surface area contributed by atoms with E-state index in [1.54, 1.807) is 33.4 Å². The van der Waals surface area contributed by atoms with E-state index in [1.807, 2.05) is 6.56 Å². The summed E-state index contributed by atoms with van der Waals surface area (Å²) in [4.78, 5) is 0. The van der Waals surface area contributed by atoms with Crippen molar-refractivity contribution in [1.29, 1.82) is 0 Å². The van der Waals surface area contributed by atoms with Crippen molar-refractivity contribution in [3.63, 3.8) is 0 Å². The first-order chi connectivity index (χ1) is 8.67. The van der Waals surface area contributed by atoms with Crippen LogP contribution in [0.4, 0.5) is 0 Å². The SMILES string of the molecule is CC1=C(C)C(C)=[C]([Zr][C]2=C(C)C(C)=C(C)C2(C)C)C1. The van der Waals surface area contributed by atoms with Crippen LogP contribution in [-0.4, -0.2) is 0 Å². The van der Waals surface area contributed by atoms with Crippen LogP contribution in [0.15, 0.2) is 40.0 Å². The summed E-state index contributed by atoms with van der Waals surface area (Å²) >= 11 is -0.610. The Labute approximate surface area is 130 Å².